The zero-order chi connectivity index (χ0) is 24.1. The van der Waals surface area contributed by atoms with Crippen LogP contribution in [0.25, 0.3) is 11.1 Å². The van der Waals surface area contributed by atoms with E-state index in [9.17, 15) is 14.4 Å². The summed E-state index contributed by atoms with van der Waals surface area (Å²) in [5.41, 5.74) is 4.94. The largest absolute Gasteiger partial charge is 0.496 e. The topological polar surface area (TPSA) is 114 Å². The van der Waals surface area contributed by atoms with E-state index in [4.69, 9.17) is 14.6 Å². The highest BCUT2D eigenvalue weighted by Crippen LogP contribution is 2.44. The van der Waals surface area contributed by atoms with Gasteiger partial charge in [-0.1, -0.05) is 48.5 Å². The second-order valence-electron chi connectivity index (χ2n) is 7.77. The number of anilines is 1. The van der Waals surface area contributed by atoms with Crippen molar-refractivity contribution in [1.29, 1.82) is 0 Å². The molecule has 0 unspecified atom stereocenters. The lowest BCUT2D eigenvalue weighted by Crippen LogP contribution is -2.29. The summed E-state index contributed by atoms with van der Waals surface area (Å²) in [5, 5.41) is 14.4. The van der Waals surface area contributed by atoms with Gasteiger partial charge in [0.15, 0.2) is 0 Å². The highest BCUT2D eigenvalue weighted by molar-refractivity contribution is 5.94. The molecule has 0 fully saturated rings. The first-order valence-corrected chi connectivity index (χ1v) is 10.8. The van der Waals surface area contributed by atoms with Crippen LogP contribution in [-0.4, -0.2) is 43.3 Å². The van der Waals surface area contributed by atoms with Crippen LogP contribution in [-0.2, 0) is 9.53 Å². The molecule has 34 heavy (non-hydrogen) atoms. The van der Waals surface area contributed by atoms with E-state index in [1.807, 2.05) is 36.4 Å². The van der Waals surface area contributed by atoms with Gasteiger partial charge in [0.2, 0.25) is 5.91 Å². The molecule has 0 saturated carbocycles. The van der Waals surface area contributed by atoms with Crippen molar-refractivity contribution in [3.8, 4) is 16.9 Å². The lowest BCUT2D eigenvalue weighted by atomic mass is 9.98. The van der Waals surface area contributed by atoms with Crippen molar-refractivity contribution >= 4 is 23.7 Å². The van der Waals surface area contributed by atoms with Gasteiger partial charge in [0, 0.05) is 30.6 Å². The van der Waals surface area contributed by atoms with Crippen LogP contribution in [0.4, 0.5) is 10.5 Å². The summed E-state index contributed by atoms with van der Waals surface area (Å²) in [4.78, 5) is 35.6. The number of benzene rings is 3. The Kier molecular flexibility index (Phi) is 6.77. The number of alkyl carbamates (subject to hydrolysis) is 1. The maximum atomic E-state index is 12.2. The van der Waals surface area contributed by atoms with Crippen molar-refractivity contribution in [3.63, 3.8) is 0 Å². The standard InChI is InChI=1S/C26H24N2O6/c1-33-23-14-16(10-11-21(23)25(30)31)28-24(29)12-13-27-26(32)34-15-22-19-8-4-2-6-17(19)18-7-3-5-9-20(18)22/h2-11,14,22H,12-13,15H2,1H3,(H,27,32)(H,28,29)(H,30,31). The Balaban J connectivity index is 1.26. The van der Waals surface area contributed by atoms with Gasteiger partial charge in [-0.25, -0.2) is 9.59 Å². The molecular formula is C26H24N2O6. The Bertz CT molecular complexity index is 1190. The van der Waals surface area contributed by atoms with E-state index in [0.29, 0.717) is 5.69 Å². The predicted molar refractivity (Wildman–Crippen MR) is 126 cm³/mol. The maximum Gasteiger partial charge on any atom is 0.407 e. The Morgan fingerprint density at radius 3 is 2.21 bits per heavy atom. The predicted octanol–water partition coefficient (Wildman–Crippen LogP) is 4.26. The third-order valence-electron chi connectivity index (χ3n) is 5.68. The highest BCUT2D eigenvalue weighted by Gasteiger charge is 2.28. The molecule has 1 aliphatic rings. The summed E-state index contributed by atoms with van der Waals surface area (Å²) in [7, 11) is 1.35. The number of carboxylic acid groups (broad SMARTS) is 1. The molecule has 8 nitrogen and oxygen atoms in total. The smallest absolute Gasteiger partial charge is 0.407 e. The van der Waals surface area contributed by atoms with Crippen LogP contribution in [0.1, 0.15) is 33.8 Å². The zero-order valence-electron chi connectivity index (χ0n) is 18.5. The number of hydrogen-bond acceptors (Lipinski definition) is 5. The van der Waals surface area contributed by atoms with E-state index in [1.165, 1.54) is 25.3 Å². The molecule has 2 amide bonds. The molecular weight excluding hydrogens is 436 g/mol. The summed E-state index contributed by atoms with van der Waals surface area (Å²) in [6, 6.07) is 20.4. The maximum absolute atomic E-state index is 12.2. The van der Waals surface area contributed by atoms with Crippen LogP contribution in [0, 0.1) is 0 Å². The molecule has 1 aliphatic carbocycles. The van der Waals surface area contributed by atoms with E-state index >= 15 is 0 Å². The van der Waals surface area contributed by atoms with Gasteiger partial charge in [-0.3, -0.25) is 4.79 Å². The Labute approximate surface area is 196 Å². The van der Waals surface area contributed by atoms with Gasteiger partial charge in [-0.05, 0) is 34.4 Å². The van der Waals surface area contributed by atoms with E-state index in [-0.39, 0.29) is 42.7 Å². The minimum absolute atomic E-state index is 0.00239. The second-order valence-corrected chi connectivity index (χ2v) is 7.77. The fourth-order valence-corrected chi connectivity index (χ4v) is 4.10. The molecule has 3 N–H and O–H groups in total. The number of carbonyl (C=O) groups is 3. The van der Waals surface area contributed by atoms with Crippen LogP contribution in [0.3, 0.4) is 0 Å². The second kappa shape index (κ2) is 10.1. The van der Waals surface area contributed by atoms with Crippen molar-refractivity contribution in [1.82, 2.24) is 5.32 Å². The zero-order valence-corrected chi connectivity index (χ0v) is 18.5. The number of amides is 2. The van der Waals surface area contributed by atoms with Crippen molar-refractivity contribution in [2.24, 2.45) is 0 Å². The van der Waals surface area contributed by atoms with Crippen LogP contribution < -0.4 is 15.4 Å². The van der Waals surface area contributed by atoms with Gasteiger partial charge in [-0.15, -0.1) is 0 Å². The van der Waals surface area contributed by atoms with Crippen LogP contribution in [0.15, 0.2) is 66.7 Å². The van der Waals surface area contributed by atoms with Crippen molar-refractivity contribution in [2.75, 3.05) is 25.6 Å². The van der Waals surface area contributed by atoms with Gasteiger partial charge < -0.3 is 25.2 Å². The van der Waals surface area contributed by atoms with Crippen molar-refractivity contribution in [2.45, 2.75) is 12.3 Å². The van der Waals surface area contributed by atoms with E-state index < -0.39 is 12.1 Å². The van der Waals surface area contributed by atoms with Crippen LogP contribution in [0.2, 0.25) is 0 Å². The summed E-state index contributed by atoms with van der Waals surface area (Å²) in [5.74, 6) is -1.36. The number of rotatable bonds is 8. The van der Waals surface area contributed by atoms with Crippen molar-refractivity contribution < 1.29 is 29.0 Å². The Morgan fingerprint density at radius 1 is 0.941 bits per heavy atom. The molecule has 0 heterocycles. The Morgan fingerprint density at radius 2 is 1.59 bits per heavy atom. The molecule has 0 aromatic heterocycles. The van der Waals surface area contributed by atoms with E-state index in [2.05, 4.69) is 22.8 Å². The number of aromatic carboxylic acids is 1. The fourth-order valence-electron chi connectivity index (χ4n) is 4.10. The third kappa shape index (κ3) is 4.85. The highest BCUT2D eigenvalue weighted by atomic mass is 16.5. The van der Waals surface area contributed by atoms with Crippen LogP contribution >= 0.6 is 0 Å². The van der Waals surface area contributed by atoms with Gasteiger partial charge >= 0.3 is 12.1 Å². The fraction of sp³-hybridized carbons (Fsp3) is 0.192. The Hall–Kier alpha value is -4.33. The van der Waals surface area contributed by atoms with Crippen molar-refractivity contribution in [3.05, 3.63) is 83.4 Å². The molecule has 0 atom stereocenters. The quantitative estimate of drug-likeness (QED) is 0.463. The summed E-state index contributed by atoms with van der Waals surface area (Å²) in [6.45, 7) is 0.286. The molecule has 3 aromatic carbocycles. The first kappa shape index (κ1) is 22.8. The number of methoxy groups -OCH3 is 1. The van der Waals surface area contributed by atoms with Gasteiger partial charge in [-0.2, -0.15) is 0 Å². The number of carboxylic acids is 1. The molecule has 0 bridgehead atoms. The van der Waals surface area contributed by atoms with E-state index in [1.54, 1.807) is 0 Å². The summed E-state index contributed by atoms with van der Waals surface area (Å²) >= 11 is 0. The number of carbonyl (C=O) groups excluding carboxylic acids is 2. The molecule has 0 spiro atoms. The summed E-state index contributed by atoms with van der Waals surface area (Å²) in [6.07, 6.45) is -0.574. The lowest BCUT2D eigenvalue weighted by Gasteiger charge is -2.14. The van der Waals surface area contributed by atoms with Gasteiger partial charge in [0.1, 0.15) is 17.9 Å². The number of hydrogen-bond donors (Lipinski definition) is 3. The van der Waals surface area contributed by atoms with Crippen LogP contribution in [0.5, 0.6) is 5.75 Å². The van der Waals surface area contributed by atoms with E-state index in [0.717, 1.165) is 22.3 Å². The third-order valence-corrected chi connectivity index (χ3v) is 5.68. The molecule has 174 valence electrons. The number of fused-ring (bicyclic) bond motifs is 3. The number of nitrogens with one attached hydrogen (secondary N) is 2. The molecule has 3 aromatic rings. The number of ether oxygens (including phenoxy) is 2. The molecule has 4 rings (SSSR count). The molecule has 0 aliphatic heterocycles. The molecule has 8 heteroatoms. The summed E-state index contributed by atoms with van der Waals surface area (Å²) < 4.78 is 10.5. The first-order valence-electron chi connectivity index (χ1n) is 10.8. The molecule has 0 radical (unpaired) electrons. The normalized spacial score (nSPS) is 11.8. The average Bonchev–Trinajstić information content (AvgIpc) is 3.16. The SMILES string of the molecule is COc1cc(NC(=O)CCNC(=O)OCC2c3ccccc3-c3ccccc32)ccc1C(=O)O. The minimum Gasteiger partial charge on any atom is -0.496 e. The monoisotopic (exact) mass is 460 g/mol. The average molecular weight is 460 g/mol. The first-order chi connectivity index (χ1) is 16.5. The molecule has 0 saturated heterocycles. The van der Waals surface area contributed by atoms with Gasteiger partial charge in [0.25, 0.3) is 0 Å². The minimum atomic E-state index is -1.12. The van der Waals surface area contributed by atoms with Gasteiger partial charge in [0.05, 0.1) is 7.11 Å². The lowest BCUT2D eigenvalue weighted by molar-refractivity contribution is -0.116.